The predicted octanol–water partition coefficient (Wildman–Crippen LogP) is 3.48. The van der Waals surface area contributed by atoms with Crippen molar-refractivity contribution in [2.75, 3.05) is 31.1 Å². The van der Waals surface area contributed by atoms with Gasteiger partial charge in [-0.05, 0) is 30.7 Å². The van der Waals surface area contributed by atoms with Gasteiger partial charge in [0.2, 0.25) is 0 Å². The molecular formula is C19H18N4O3S. The maximum atomic E-state index is 12.6. The van der Waals surface area contributed by atoms with E-state index in [1.54, 1.807) is 16.2 Å². The summed E-state index contributed by atoms with van der Waals surface area (Å²) in [5.41, 5.74) is 2.68. The smallest absolute Gasteiger partial charge is 0.269 e. The lowest BCUT2D eigenvalue weighted by Gasteiger charge is -2.34. The lowest BCUT2D eigenvalue weighted by atomic mass is 10.1. The number of anilines is 1. The lowest BCUT2D eigenvalue weighted by Crippen LogP contribution is -2.48. The second kappa shape index (κ2) is 6.96. The van der Waals surface area contributed by atoms with Gasteiger partial charge in [0, 0.05) is 43.9 Å². The number of amides is 1. The van der Waals surface area contributed by atoms with Crippen LogP contribution in [-0.4, -0.2) is 46.9 Å². The molecule has 1 amide bonds. The van der Waals surface area contributed by atoms with Gasteiger partial charge in [0.15, 0.2) is 5.13 Å². The number of thiazole rings is 1. The molecule has 1 aliphatic rings. The SMILES string of the molecule is Cc1cccc2sc(N3CCN(C(=O)c4ccc([N+](=O)[O-])cc4)CC3)nc12. The number of hydrogen-bond acceptors (Lipinski definition) is 6. The third-order valence-corrected chi connectivity index (χ3v) is 5.85. The molecule has 0 N–H and O–H groups in total. The number of fused-ring (bicyclic) bond motifs is 1. The van der Waals surface area contributed by atoms with E-state index in [-0.39, 0.29) is 11.6 Å². The zero-order chi connectivity index (χ0) is 19.0. The fraction of sp³-hybridized carbons (Fsp3) is 0.263. The minimum Gasteiger partial charge on any atom is -0.345 e. The number of carbonyl (C=O) groups excluding carboxylic acids is 1. The van der Waals surface area contributed by atoms with E-state index in [0.717, 1.165) is 23.7 Å². The van der Waals surface area contributed by atoms with Gasteiger partial charge < -0.3 is 9.80 Å². The molecule has 7 nitrogen and oxygen atoms in total. The Morgan fingerprint density at radius 2 is 1.81 bits per heavy atom. The number of hydrogen-bond donors (Lipinski definition) is 0. The van der Waals surface area contributed by atoms with Crippen molar-refractivity contribution in [3.8, 4) is 0 Å². The Bertz CT molecular complexity index is 1010. The third kappa shape index (κ3) is 3.35. The summed E-state index contributed by atoms with van der Waals surface area (Å²) in [5.74, 6) is -0.0929. The molecule has 1 aliphatic heterocycles. The Kier molecular flexibility index (Phi) is 4.49. The van der Waals surface area contributed by atoms with Crippen molar-refractivity contribution < 1.29 is 9.72 Å². The van der Waals surface area contributed by atoms with Gasteiger partial charge in [-0.25, -0.2) is 4.98 Å². The fourth-order valence-electron chi connectivity index (χ4n) is 3.22. The van der Waals surface area contributed by atoms with Crippen LogP contribution in [0.4, 0.5) is 10.8 Å². The number of non-ortho nitro benzene ring substituents is 1. The minimum absolute atomic E-state index is 0.0116. The molecule has 1 saturated heterocycles. The zero-order valence-corrected chi connectivity index (χ0v) is 15.6. The highest BCUT2D eigenvalue weighted by molar-refractivity contribution is 7.22. The van der Waals surface area contributed by atoms with Crippen molar-refractivity contribution in [2.45, 2.75) is 6.92 Å². The molecule has 2 aromatic carbocycles. The highest BCUT2D eigenvalue weighted by Crippen LogP contribution is 2.31. The average Bonchev–Trinajstić information content (AvgIpc) is 3.13. The number of aryl methyl sites for hydroxylation is 1. The van der Waals surface area contributed by atoms with E-state index in [1.807, 2.05) is 6.07 Å². The minimum atomic E-state index is -0.466. The molecule has 27 heavy (non-hydrogen) atoms. The largest absolute Gasteiger partial charge is 0.345 e. The van der Waals surface area contributed by atoms with Gasteiger partial charge in [-0.3, -0.25) is 14.9 Å². The van der Waals surface area contributed by atoms with Crippen LogP contribution in [0.5, 0.6) is 0 Å². The van der Waals surface area contributed by atoms with E-state index in [4.69, 9.17) is 4.98 Å². The van der Waals surface area contributed by atoms with E-state index in [1.165, 1.54) is 34.5 Å². The van der Waals surface area contributed by atoms with Crippen LogP contribution in [0.1, 0.15) is 15.9 Å². The molecule has 0 unspecified atom stereocenters. The maximum absolute atomic E-state index is 12.6. The molecule has 1 fully saturated rings. The van der Waals surface area contributed by atoms with E-state index in [9.17, 15) is 14.9 Å². The normalized spacial score (nSPS) is 14.6. The number of nitrogens with zero attached hydrogens (tertiary/aromatic N) is 4. The van der Waals surface area contributed by atoms with Gasteiger partial charge in [0.1, 0.15) is 0 Å². The first kappa shape index (κ1) is 17.4. The van der Waals surface area contributed by atoms with Crippen LogP contribution < -0.4 is 4.90 Å². The summed E-state index contributed by atoms with van der Waals surface area (Å²) in [6.45, 7) is 4.71. The van der Waals surface area contributed by atoms with Gasteiger partial charge >= 0.3 is 0 Å². The van der Waals surface area contributed by atoms with Crippen LogP contribution in [0, 0.1) is 17.0 Å². The second-order valence-electron chi connectivity index (χ2n) is 6.50. The van der Waals surface area contributed by atoms with Crippen LogP contribution in [-0.2, 0) is 0 Å². The molecule has 1 aromatic heterocycles. The number of benzene rings is 2. The standard InChI is InChI=1S/C19H18N4O3S/c1-13-3-2-4-16-17(13)20-19(27-16)22-11-9-21(10-12-22)18(24)14-5-7-15(8-6-14)23(25)26/h2-8H,9-12H2,1H3. The van der Waals surface area contributed by atoms with Crippen molar-refractivity contribution >= 4 is 38.3 Å². The molecule has 4 rings (SSSR count). The van der Waals surface area contributed by atoms with Gasteiger partial charge in [-0.1, -0.05) is 23.5 Å². The molecule has 0 spiro atoms. The lowest BCUT2D eigenvalue weighted by molar-refractivity contribution is -0.384. The summed E-state index contributed by atoms with van der Waals surface area (Å²) in [7, 11) is 0. The first-order chi connectivity index (χ1) is 13.0. The third-order valence-electron chi connectivity index (χ3n) is 4.77. The van der Waals surface area contributed by atoms with Crippen molar-refractivity contribution in [2.24, 2.45) is 0 Å². The molecule has 0 aliphatic carbocycles. The first-order valence-corrected chi connectivity index (χ1v) is 9.49. The molecule has 3 aromatic rings. The number of aromatic nitrogens is 1. The number of rotatable bonds is 3. The van der Waals surface area contributed by atoms with E-state index >= 15 is 0 Å². The van der Waals surface area contributed by atoms with Gasteiger partial charge in [0.25, 0.3) is 11.6 Å². The molecule has 0 saturated carbocycles. The van der Waals surface area contributed by atoms with E-state index in [0.29, 0.717) is 18.7 Å². The van der Waals surface area contributed by atoms with Crippen LogP contribution in [0.15, 0.2) is 42.5 Å². The van der Waals surface area contributed by atoms with Crippen LogP contribution in [0.2, 0.25) is 0 Å². The molecule has 0 bridgehead atoms. The topological polar surface area (TPSA) is 79.6 Å². The molecule has 138 valence electrons. The molecule has 0 atom stereocenters. The summed E-state index contributed by atoms with van der Waals surface area (Å²) in [6.07, 6.45) is 0. The number of para-hydroxylation sites is 1. The predicted molar refractivity (Wildman–Crippen MR) is 106 cm³/mol. The average molecular weight is 382 g/mol. The molecule has 8 heteroatoms. The van der Waals surface area contributed by atoms with Gasteiger partial charge in [-0.2, -0.15) is 0 Å². The van der Waals surface area contributed by atoms with E-state index < -0.39 is 4.92 Å². The van der Waals surface area contributed by atoms with Gasteiger partial charge in [0.05, 0.1) is 15.1 Å². The van der Waals surface area contributed by atoms with Crippen molar-refractivity contribution in [3.05, 3.63) is 63.7 Å². The molecule has 2 heterocycles. The summed E-state index contributed by atoms with van der Waals surface area (Å²) < 4.78 is 1.18. The monoisotopic (exact) mass is 382 g/mol. The zero-order valence-electron chi connectivity index (χ0n) is 14.8. The highest BCUT2D eigenvalue weighted by Gasteiger charge is 2.24. The van der Waals surface area contributed by atoms with Crippen molar-refractivity contribution in [3.63, 3.8) is 0 Å². The number of nitro groups is 1. The fourth-order valence-corrected chi connectivity index (χ4v) is 4.31. The van der Waals surface area contributed by atoms with Crippen LogP contribution in [0.3, 0.4) is 0 Å². The van der Waals surface area contributed by atoms with Gasteiger partial charge in [-0.15, -0.1) is 0 Å². The Morgan fingerprint density at radius 1 is 1.11 bits per heavy atom. The second-order valence-corrected chi connectivity index (χ2v) is 7.51. The summed E-state index contributed by atoms with van der Waals surface area (Å²) in [4.78, 5) is 31.7. The van der Waals surface area contributed by atoms with Crippen molar-refractivity contribution in [1.82, 2.24) is 9.88 Å². The number of piperazine rings is 1. The molecular weight excluding hydrogens is 364 g/mol. The summed E-state index contributed by atoms with van der Waals surface area (Å²) in [6, 6.07) is 12.0. The Morgan fingerprint density at radius 3 is 2.44 bits per heavy atom. The quantitative estimate of drug-likeness (QED) is 0.512. The first-order valence-electron chi connectivity index (χ1n) is 8.68. The highest BCUT2D eigenvalue weighted by atomic mass is 32.1. The number of nitro benzene ring substituents is 1. The maximum Gasteiger partial charge on any atom is 0.269 e. The van der Waals surface area contributed by atoms with E-state index in [2.05, 4.69) is 24.0 Å². The van der Waals surface area contributed by atoms with Crippen LogP contribution >= 0.6 is 11.3 Å². The Balaban J connectivity index is 1.44. The van der Waals surface area contributed by atoms with Crippen molar-refractivity contribution in [1.29, 1.82) is 0 Å². The Hall–Kier alpha value is -3.00. The number of carbonyl (C=O) groups is 1. The Labute approximate surface area is 160 Å². The molecule has 0 radical (unpaired) electrons. The summed E-state index contributed by atoms with van der Waals surface area (Å²) in [5, 5.41) is 11.7. The summed E-state index contributed by atoms with van der Waals surface area (Å²) >= 11 is 1.68. The van der Waals surface area contributed by atoms with Crippen LogP contribution in [0.25, 0.3) is 10.2 Å².